The van der Waals surface area contributed by atoms with Gasteiger partial charge in [0.25, 0.3) is 5.91 Å². The fraction of sp³-hybridized carbons (Fsp3) is 0.375. The molecule has 0 spiro atoms. The van der Waals surface area contributed by atoms with Crippen molar-refractivity contribution < 1.29 is 14.3 Å². The highest BCUT2D eigenvalue weighted by Gasteiger charge is 2.33. The molecule has 2 amide bonds. The lowest BCUT2D eigenvalue weighted by Crippen LogP contribution is -2.43. The standard InChI is InChI=1S/C16H20N2O3/c1-11(2)10-21-13-6-3-5-12(9-13)16(20)18-8-4-7-14(18)15(17)19/h3,5-6,9,14H,1,4,7-8,10H2,2H3,(H2,17,19)/t14-/m0/s1. The first-order valence-corrected chi connectivity index (χ1v) is 6.96. The monoisotopic (exact) mass is 288 g/mol. The first-order chi connectivity index (χ1) is 9.99. The van der Waals surface area contributed by atoms with Gasteiger partial charge in [0.1, 0.15) is 18.4 Å². The number of amides is 2. The SMILES string of the molecule is C=C(C)COc1cccc(C(=O)N2CCC[C@H]2C(N)=O)c1. The van der Waals surface area contributed by atoms with E-state index in [1.165, 1.54) is 0 Å². The van der Waals surface area contributed by atoms with Crippen molar-refractivity contribution in [2.24, 2.45) is 5.73 Å². The van der Waals surface area contributed by atoms with Gasteiger partial charge in [-0.25, -0.2) is 0 Å². The zero-order valence-corrected chi connectivity index (χ0v) is 12.2. The molecular formula is C16H20N2O3. The van der Waals surface area contributed by atoms with Crippen LogP contribution in [0, 0.1) is 0 Å². The molecule has 1 aromatic rings. The largest absolute Gasteiger partial charge is 0.489 e. The predicted octanol–water partition coefficient (Wildman–Crippen LogP) is 1.73. The predicted molar refractivity (Wildman–Crippen MR) is 80.0 cm³/mol. The van der Waals surface area contributed by atoms with Gasteiger partial charge < -0.3 is 15.4 Å². The van der Waals surface area contributed by atoms with Crippen molar-refractivity contribution in [1.82, 2.24) is 4.90 Å². The Bertz CT molecular complexity index is 568. The molecule has 0 aromatic heterocycles. The van der Waals surface area contributed by atoms with Crippen LogP contribution in [0.2, 0.25) is 0 Å². The lowest BCUT2D eigenvalue weighted by Gasteiger charge is -2.22. The number of hydrogen-bond donors (Lipinski definition) is 1. The molecule has 0 saturated carbocycles. The van der Waals surface area contributed by atoms with Gasteiger partial charge in [-0.1, -0.05) is 12.6 Å². The van der Waals surface area contributed by atoms with Gasteiger partial charge in [0.15, 0.2) is 0 Å². The lowest BCUT2D eigenvalue weighted by atomic mass is 10.1. The van der Waals surface area contributed by atoms with E-state index in [0.717, 1.165) is 12.0 Å². The number of carbonyl (C=O) groups excluding carboxylic acids is 2. The van der Waals surface area contributed by atoms with Crippen LogP contribution in [0.5, 0.6) is 5.75 Å². The van der Waals surface area contributed by atoms with Crippen molar-refractivity contribution >= 4 is 11.8 Å². The maximum atomic E-state index is 12.5. The van der Waals surface area contributed by atoms with Crippen molar-refractivity contribution in [2.45, 2.75) is 25.8 Å². The second-order valence-corrected chi connectivity index (χ2v) is 5.33. The van der Waals surface area contributed by atoms with E-state index in [0.29, 0.717) is 30.9 Å². The molecule has 5 heteroatoms. The molecule has 0 unspecified atom stereocenters. The summed E-state index contributed by atoms with van der Waals surface area (Å²) in [5, 5.41) is 0. The third kappa shape index (κ3) is 3.62. The summed E-state index contributed by atoms with van der Waals surface area (Å²) in [4.78, 5) is 25.4. The third-order valence-corrected chi connectivity index (χ3v) is 3.41. The van der Waals surface area contributed by atoms with E-state index < -0.39 is 11.9 Å². The van der Waals surface area contributed by atoms with E-state index in [4.69, 9.17) is 10.5 Å². The van der Waals surface area contributed by atoms with Gasteiger partial charge in [-0.05, 0) is 43.5 Å². The molecule has 0 radical (unpaired) electrons. The van der Waals surface area contributed by atoms with Gasteiger partial charge in [0, 0.05) is 12.1 Å². The summed E-state index contributed by atoms with van der Waals surface area (Å²) in [6.45, 7) is 6.61. The van der Waals surface area contributed by atoms with E-state index in [2.05, 4.69) is 6.58 Å². The number of benzene rings is 1. The van der Waals surface area contributed by atoms with Gasteiger partial charge in [-0.3, -0.25) is 9.59 Å². The van der Waals surface area contributed by atoms with E-state index in [1.54, 1.807) is 29.2 Å². The van der Waals surface area contributed by atoms with Gasteiger partial charge in [-0.15, -0.1) is 0 Å². The quantitative estimate of drug-likeness (QED) is 0.839. The van der Waals surface area contributed by atoms with Crippen molar-refractivity contribution in [3.05, 3.63) is 42.0 Å². The minimum atomic E-state index is -0.502. The molecule has 1 aromatic carbocycles. The number of primary amides is 1. The smallest absolute Gasteiger partial charge is 0.254 e. The fourth-order valence-corrected chi connectivity index (χ4v) is 2.40. The van der Waals surface area contributed by atoms with E-state index in [9.17, 15) is 9.59 Å². The van der Waals surface area contributed by atoms with Crippen LogP contribution in [-0.2, 0) is 4.79 Å². The Morgan fingerprint density at radius 1 is 1.48 bits per heavy atom. The topological polar surface area (TPSA) is 72.6 Å². The number of ether oxygens (including phenoxy) is 1. The molecule has 1 atom stereocenters. The minimum Gasteiger partial charge on any atom is -0.489 e. The van der Waals surface area contributed by atoms with Crippen LogP contribution in [-0.4, -0.2) is 35.9 Å². The average molecular weight is 288 g/mol. The van der Waals surface area contributed by atoms with Gasteiger partial charge in [0.05, 0.1) is 0 Å². The Labute approximate surface area is 124 Å². The maximum absolute atomic E-state index is 12.5. The Kier molecular flexibility index (Phi) is 4.62. The van der Waals surface area contributed by atoms with Crippen molar-refractivity contribution in [3.8, 4) is 5.75 Å². The van der Waals surface area contributed by atoms with Crippen LogP contribution >= 0.6 is 0 Å². The summed E-state index contributed by atoms with van der Waals surface area (Å²) in [6.07, 6.45) is 1.43. The zero-order chi connectivity index (χ0) is 15.4. The Balaban J connectivity index is 2.13. The number of rotatable bonds is 5. The molecule has 0 aliphatic carbocycles. The number of nitrogens with zero attached hydrogens (tertiary/aromatic N) is 1. The molecule has 2 rings (SSSR count). The van der Waals surface area contributed by atoms with Crippen LogP contribution in [0.15, 0.2) is 36.4 Å². The summed E-state index contributed by atoms with van der Waals surface area (Å²) in [6, 6.07) is 6.44. The Hall–Kier alpha value is -2.30. The highest BCUT2D eigenvalue weighted by molar-refractivity contribution is 5.98. The van der Waals surface area contributed by atoms with Gasteiger partial charge in [0.2, 0.25) is 5.91 Å². The Morgan fingerprint density at radius 2 is 2.24 bits per heavy atom. The molecule has 2 N–H and O–H groups in total. The molecule has 112 valence electrons. The molecule has 5 nitrogen and oxygen atoms in total. The molecule has 0 bridgehead atoms. The Morgan fingerprint density at radius 3 is 2.90 bits per heavy atom. The summed E-state index contributed by atoms with van der Waals surface area (Å²) >= 11 is 0. The summed E-state index contributed by atoms with van der Waals surface area (Å²) in [5.41, 5.74) is 6.75. The van der Waals surface area contributed by atoms with Crippen LogP contribution < -0.4 is 10.5 Å². The average Bonchev–Trinajstić information content (AvgIpc) is 2.94. The van der Waals surface area contributed by atoms with Gasteiger partial charge in [-0.2, -0.15) is 0 Å². The summed E-state index contributed by atoms with van der Waals surface area (Å²) in [5.74, 6) is -0.0220. The number of carbonyl (C=O) groups is 2. The highest BCUT2D eigenvalue weighted by atomic mass is 16.5. The van der Waals surface area contributed by atoms with Crippen molar-refractivity contribution in [1.29, 1.82) is 0 Å². The molecular weight excluding hydrogens is 268 g/mol. The molecule has 1 aliphatic heterocycles. The number of hydrogen-bond acceptors (Lipinski definition) is 3. The van der Waals surface area contributed by atoms with Crippen molar-refractivity contribution in [2.75, 3.05) is 13.2 Å². The van der Waals surface area contributed by atoms with Crippen LogP contribution in [0.4, 0.5) is 0 Å². The summed E-state index contributed by atoms with van der Waals surface area (Å²) < 4.78 is 5.53. The number of likely N-dealkylation sites (tertiary alicyclic amines) is 1. The van der Waals surface area contributed by atoms with E-state index in [1.807, 2.05) is 6.92 Å². The van der Waals surface area contributed by atoms with E-state index in [-0.39, 0.29) is 5.91 Å². The van der Waals surface area contributed by atoms with Crippen LogP contribution in [0.1, 0.15) is 30.1 Å². The van der Waals surface area contributed by atoms with E-state index >= 15 is 0 Å². The lowest BCUT2D eigenvalue weighted by molar-refractivity contribution is -0.121. The van der Waals surface area contributed by atoms with Crippen LogP contribution in [0.3, 0.4) is 0 Å². The third-order valence-electron chi connectivity index (χ3n) is 3.41. The minimum absolute atomic E-state index is 0.183. The first kappa shape index (κ1) is 15.1. The molecule has 1 fully saturated rings. The molecule has 1 aliphatic rings. The molecule has 1 heterocycles. The fourth-order valence-electron chi connectivity index (χ4n) is 2.40. The highest BCUT2D eigenvalue weighted by Crippen LogP contribution is 2.22. The second kappa shape index (κ2) is 6.43. The van der Waals surface area contributed by atoms with Crippen LogP contribution in [0.25, 0.3) is 0 Å². The maximum Gasteiger partial charge on any atom is 0.254 e. The summed E-state index contributed by atoms with van der Waals surface area (Å²) in [7, 11) is 0. The normalized spacial score (nSPS) is 17.6. The molecule has 21 heavy (non-hydrogen) atoms. The van der Waals surface area contributed by atoms with Crippen molar-refractivity contribution in [3.63, 3.8) is 0 Å². The molecule has 1 saturated heterocycles. The zero-order valence-electron chi connectivity index (χ0n) is 12.2. The van der Waals surface area contributed by atoms with Gasteiger partial charge >= 0.3 is 0 Å². The number of nitrogens with two attached hydrogens (primary N) is 1. The second-order valence-electron chi connectivity index (χ2n) is 5.33. The first-order valence-electron chi connectivity index (χ1n) is 6.96.